The average Bonchev–Trinajstić information content (AvgIpc) is 2.55. The summed E-state index contributed by atoms with van der Waals surface area (Å²) in [6, 6.07) is 12.7. The number of carbonyl (C=O) groups excluding carboxylic acids is 1. The summed E-state index contributed by atoms with van der Waals surface area (Å²) in [5.74, 6) is 2.15. The molecule has 0 spiro atoms. The fourth-order valence-corrected chi connectivity index (χ4v) is 3.26. The smallest absolute Gasteiger partial charge is 0.240 e. The molecule has 2 aromatic rings. The molecule has 0 aliphatic rings. The van der Waals surface area contributed by atoms with Gasteiger partial charge in [0.15, 0.2) is 0 Å². The fourth-order valence-electron chi connectivity index (χ4n) is 1.93. The number of amides is 1. The maximum atomic E-state index is 12.1. The molecule has 2 N–H and O–H groups in total. The summed E-state index contributed by atoms with van der Waals surface area (Å²) >= 11 is 5.78. The predicted octanol–water partition coefficient (Wildman–Crippen LogP) is 2.63. The number of halogens is 1. The lowest BCUT2D eigenvalue weighted by Crippen LogP contribution is -2.27. The van der Waals surface area contributed by atoms with Crippen molar-refractivity contribution >= 4 is 33.2 Å². The molecule has 1 amide bonds. The van der Waals surface area contributed by atoms with Crippen molar-refractivity contribution in [2.75, 3.05) is 11.9 Å². The van der Waals surface area contributed by atoms with E-state index in [1.807, 2.05) is 0 Å². The summed E-state index contributed by atoms with van der Waals surface area (Å²) in [5.41, 5.74) is 1.21. The number of hydrogen-bond acceptors (Lipinski definition) is 3. The number of hydrogen-bond donors (Lipinski definition) is 2. The first-order valence-electron chi connectivity index (χ1n) is 7.02. The molecule has 0 radical (unpaired) electrons. The Bertz CT molecular complexity index is 889. The summed E-state index contributed by atoms with van der Waals surface area (Å²) < 4.78 is 26.5. The molecule has 0 saturated heterocycles. The molecule has 2 rings (SSSR count). The van der Waals surface area contributed by atoms with E-state index >= 15 is 0 Å². The van der Waals surface area contributed by atoms with Gasteiger partial charge in [0.05, 0.1) is 4.90 Å². The normalized spacial score (nSPS) is 10.8. The highest BCUT2D eigenvalue weighted by Crippen LogP contribution is 2.15. The van der Waals surface area contributed by atoms with Gasteiger partial charge in [-0.1, -0.05) is 29.7 Å². The van der Waals surface area contributed by atoms with Crippen LogP contribution in [0.25, 0.3) is 0 Å². The van der Waals surface area contributed by atoms with E-state index in [0.29, 0.717) is 16.3 Å². The number of carbonyl (C=O) groups is 1. The van der Waals surface area contributed by atoms with Crippen LogP contribution in [0, 0.1) is 12.3 Å². The largest absolute Gasteiger partial charge is 0.326 e. The SMILES string of the molecule is C#Cc1cccc(NC(=O)CCNS(=O)(=O)c2cccc(Cl)c2)c1. The molecule has 2 aromatic carbocycles. The molecule has 0 fully saturated rings. The number of anilines is 1. The average molecular weight is 363 g/mol. The first kappa shape index (κ1) is 18.0. The lowest BCUT2D eigenvalue weighted by Gasteiger charge is -2.08. The van der Waals surface area contributed by atoms with Crippen molar-refractivity contribution in [2.45, 2.75) is 11.3 Å². The Morgan fingerprint density at radius 1 is 1.17 bits per heavy atom. The Balaban J connectivity index is 1.89. The van der Waals surface area contributed by atoms with Gasteiger partial charge >= 0.3 is 0 Å². The number of sulfonamides is 1. The van der Waals surface area contributed by atoms with Crippen molar-refractivity contribution < 1.29 is 13.2 Å². The number of terminal acetylenes is 1. The molecule has 0 unspecified atom stereocenters. The van der Waals surface area contributed by atoms with Crippen LogP contribution in [-0.2, 0) is 14.8 Å². The molecular formula is C17H15ClN2O3S. The quantitative estimate of drug-likeness (QED) is 0.776. The molecule has 0 aliphatic heterocycles. The van der Waals surface area contributed by atoms with E-state index < -0.39 is 10.0 Å². The maximum Gasteiger partial charge on any atom is 0.240 e. The predicted molar refractivity (Wildman–Crippen MR) is 94.3 cm³/mol. The van der Waals surface area contributed by atoms with E-state index in [4.69, 9.17) is 18.0 Å². The summed E-state index contributed by atoms with van der Waals surface area (Å²) in [6.07, 6.45) is 5.28. The molecule has 0 heterocycles. The summed E-state index contributed by atoms with van der Waals surface area (Å²) in [6.45, 7) is -0.0322. The van der Waals surface area contributed by atoms with E-state index in [1.165, 1.54) is 12.1 Å². The van der Waals surface area contributed by atoms with Gasteiger partial charge in [0.25, 0.3) is 0 Å². The molecule has 24 heavy (non-hydrogen) atoms. The molecule has 0 aromatic heterocycles. The Kier molecular flexibility index (Phi) is 5.99. The van der Waals surface area contributed by atoms with E-state index in [-0.39, 0.29) is 23.8 Å². The number of rotatable bonds is 6. The Hall–Kier alpha value is -2.33. The zero-order valence-electron chi connectivity index (χ0n) is 12.6. The molecule has 0 saturated carbocycles. The van der Waals surface area contributed by atoms with E-state index in [0.717, 1.165) is 0 Å². The zero-order valence-corrected chi connectivity index (χ0v) is 14.2. The second-order valence-corrected chi connectivity index (χ2v) is 7.08. The van der Waals surface area contributed by atoms with Gasteiger partial charge in [0.1, 0.15) is 0 Å². The van der Waals surface area contributed by atoms with Gasteiger partial charge in [0, 0.05) is 29.2 Å². The second kappa shape index (κ2) is 7.97. The van der Waals surface area contributed by atoms with Crippen molar-refractivity contribution in [3.63, 3.8) is 0 Å². The van der Waals surface area contributed by atoms with Crippen molar-refractivity contribution in [3.8, 4) is 12.3 Å². The molecule has 0 bridgehead atoms. The van der Waals surface area contributed by atoms with Crippen LogP contribution in [0.3, 0.4) is 0 Å². The van der Waals surface area contributed by atoms with Crippen LogP contribution in [0.15, 0.2) is 53.4 Å². The van der Waals surface area contributed by atoms with Crippen LogP contribution in [0.5, 0.6) is 0 Å². The van der Waals surface area contributed by atoms with E-state index in [2.05, 4.69) is 16.0 Å². The highest BCUT2D eigenvalue weighted by Gasteiger charge is 2.14. The molecule has 0 aliphatic carbocycles. The van der Waals surface area contributed by atoms with Crippen LogP contribution >= 0.6 is 11.6 Å². The monoisotopic (exact) mass is 362 g/mol. The Labute approximate surface area is 146 Å². The molecule has 124 valence electrons. The highest BCUT2D eigenvalue weighted by molar-refractivity contribution is 7.89. The van der Waals surface area contributed by atoms with Crippen molar-refractivity contribution in [2.24, 2.45) is 0 Å². The van der Waals surface area contributed by atoms with Crippen LogP contribution in [0.1, 0.15) is 12.0 Å². The minimum atomic E-state index is -3.70. The Morgan fingerprint density at radius 2 is 1.92 bits per heavy atom. The summed E-state index contributed by atoms with van der Waals surface area (Å²) in [5, 5.41) is 2.98. The third kappa shape index (κ3) is 5.10. The first-order chi connectivity index (χ1) is 11.4. The number of benzene rings is 2. The molecule has 5 nitrogen and oxygen atoms in total. The molecule has 0 atom stereocenters. The first-order valence-corrected chi connectivity index (χ1v) is 8.88. The van der Waals surface area contributed by atoms with Gasteiger partial charge in [-0.2, -0.15) is 0 Å². The zero-order chi connectivity index (χ0) is 17.6. The van der Waals surface area contributed by atoms with Gasteiger partial charge in [0.2, 0.25) is 15.9 Å². The fraction of sp³-hybridized carbons (Fsp3) is 0.118. The van der Waals surface area contributed by atoms with Gasteiger partial charge in [-0.25, -0.2) is 13.1 Å². The summed E-state index contributed by atoms with van der Waals surface area (Å²) in [7, 11) is -3.70. The minimum Gasteiger partial charge on any atom is -0.326 e. The topological polar surface area (TPSA) is 75.3 Å². The van der Waals surface area contributed by atoms with Gasteiger partial charge < -0.3 is 5.32 Å². The van der Waals surface area contributed by atoms with Crippen LogP contribution in [0.4, 0.5) is 5.69 Å². The van der Waals surface area contributed by atoms with Crippen LogP contribution < -0.4 is 10.0 Å². The summed E-state index contributed by atoms with van der Waals surface area (Å²) in [4.78, 5) is 11.9. The second-order valence-electron chi connectivity index (χ2n) is 4.88. The molecular weight excluding hydrogens is 348 g/mol. The van der Waals surface area contributed by atoms with Crippen molar-refractivity contribution in [3.05, 3.63) is 59.1 Å². The molecule has 7 heteroatoms. The van der Waals surface area contributed by atoms with Gasteiger partial charge in [-0.05, 0) is 36.4 Å². The standard InChI is InChI=1S/C17H15ClN2O3S/c1-2-13-5-3-7-15(11-13)20-17(21)9-10-19-24(22,23)16-8-4-6-14(18)12-16/h1,3-8,11-12,19H,9-10H2,(H,20,21). The lowest BCUT2D eigenvalue weighted by molar-refractivity contribution is -0.116. The lowest BCUT2D eigenvalue weighted by atomic mass is 10.2. The number of nitrogens with one attached hydrogen (secondary N) is 2. The maximum absolute atomic E-state index is 12.1. The van der Waals surface area contributed by atoms with Gasteiger partial charge in [-0.15, -0.1) is 6.42 Å². The van der Waals surface area contributed by atoms with Crippen molar-refractivity contribution in [1.29, 1.82) is 0 Å². The Morgan fingerprint density at radius 3 is 2.62 bits per heavy atom. The van der Waals surface area contributed by atoms with Crippen LogP contribution in [-0.4, -0.2) is 20.9 Å². The van der Waals surface area contributed by atoms with Crippen molar-refractivity contribution in [1.82, 2.24) is 4.72 Å². The van der Waals surface area contributed by atoms with Crippen LogP contribution in [0.2, 0.25) is 5.02 Å². The third-order valence-corrected chi connectivity index (χ3v) is 4.76. The van der Waals surface area contributed by atoms with E-state index in [9.17, 15) is 13.2 Å². The van der Waals surface area contributed by atoms with E-state index in [1.54, 1.807) is 36.4 Å². The highest BCUT2D eigenvalue weighted by atomic mass is 35.5. The van der Waals surface area contributed by atoms with Gasteiger partial charge in [-0.3, -0.25) is 4.79 Å². The minimum absolute atomic E-state index is 0.0138. The third-order valence-electron chi connectivity index (χ3n) is 3.06.